The molecule has 0 saturated heterocycles. The van der Waals surface area contributed by atoms with Crippen LogP contribution in [0.25, 0.3) is 0 Å². The second kappa shape index (κ2) is 8.95. The maximum atomic E-state index is 12.3. The summed E-state index contributed by atoms with van der Waals surface area (Å²) in [6.07, 6.45) is 3.77. The highest BCUT2D eigenvalue weighted by atomic mass is 19.3. The van der Waals surface area contributed by atoms with Gasteiger partial charge in [-0.2, -0.15) is 8.78 Å². The number of urea groups is 1. The molecule has 0 radical (unpaired) electrons. The quantitative estimate of drug-likeness (QED) is 0.762. The van der Waals surface area contributed by atoms with Crippen LogP contribution in [-0.4, -0.2) is 37.2 Å². The number of para-hydroxylation sites is 1. The third-order valence-electron chi connectivity index (χ3n) is 3.60. The normalized spacial score (nSPS) is 14.2. The highest BCUT2D eigenvalue weighted by Gasteiger charge is 2.20. The van der Waals surface area contributed by atoms with E-state index in [4.69, 9.17) is 4.74 Å². The lowest BCUT2D eigenvalue weighted by Gasteiger charge is -2.13. The Hall–Kier alpha value is -2.71. The Bertz CT molecular complexity index is 633. The first-order valence-corrected chi connectivity index (χ1v) is 7.77. The Morgan fingerprint density at radius 2 is 1.84 bits per heavy atom. The van der Waals surface area contributed by atoms with Gasteiger partial charge in [0.2, 0.25) is 0 Å². The Kier molecular flexibility index (Phi) is 6.67. The molecule has 1 aromatic rings. The van der Waals surface area contributed by atoms with Gasteiger partial charge < -0.3 is 14.8 Å². The molecule has 3 amide bonds. The molecule has 1 fully saturated rings. The van der Waals surface area contributed by atoms with Gasteiger partial charge in [0, 0.05) is 6.04 Å². The van der Waals surface area contributed by atoms with Crippen molar-refractivity contribution in [3.63, 3.8) is 0 Å². The number of ether oxygens (including phenoxy) is 2. The van der Waals surface area contributed by atoms with Crippen molar-refractivity contribution in [3.05, 3.63) is 29.8 Å². The summed E-state index contributed by atoms with van der Waals surface area (Å²) < 4.78 is 33.6. The van der Waals surface area contributed by atoms with Crippen molar-refractivity contribution < 1.29 is 32.6 Å². The highest BCUT2D eigenvalue weighted by Crippen LogP contribution is 2.21. The summed E-state index contributed by atoms with van der Waals surface area (Å²) in [5, 5.41) is 4.69. The van der Waals surface area contributed by atoms with E-state index < -0.39 is 31.1 Å². The predicted molar refractivity (Wildman–Crippen MR) is 82.3 cm³/mol. The summed E-state index contributed by atoms with van der Waals surface area (Å²) in [6.45, 7) is -3.82. The molecule has 0 atom stereocenters. The molecular weight excluding hydrogens is 338 g/mol. The Morgan fingerprint density at radius 3 is 2.52 bits per heavy atom. The van der Waals surface area contributed by atoms with Crippen LogP contribution in [0.4, 0.5) is 13.6 Å². The third-order valence-corrected chi connectivity index (χ3v) is 3.60. The van der Waals surface area contributed by atoms with Crippen molar-refractivity contribution in [3.8, 4) is 5.75 Å². The average molecular weight is 356 g/mol. The molecule has 25 heavy (non-hydrogen) atoms. The number of carbonyl (C=O) groups is 3. The molecule has 2 N–H and O–H groups in total. The topological polar surface area (TPSA) is 93.7 Å². The number of esters is 1. The van der Waals surface area contributed by atoms with Crippen LogP contribution < -0.4 is 15.4 Å². The fourth-order valence-corrected chi connectivity index (χ4v) is 2.50. The molecule has 0 spiro atoms. The second-order valence-electron chi connectivity index (χ2n) is 5.45. The van der Waals surface area contributed by atoms with Gasteiger partial charge in [-0.05, 0) is 25.0 Å². The third kappa shape index (κ3) is 6.02. The van der Waals surface area contributed by atoms with E-state index in [1.54, 1.807) is 0 Å². The predicted octanol–water partition coefficient (Wildman–Crippen LogP) is 2.21. The van der Waals surface area contributed by atoms with Crippen LogP contribution in [-0.2, 0) is 9.53 Å². The van der Waals surface area contributed by atoms with E-state index in [9.17, 15) is 23.2 Å². The van der Waals surface area contributed by atoms with Crippen molar-refractivity contribution in [1.29, 1.82) is 0 Å². The molecule has 0 bridgehead atoms. The van der Waals surface area contributed by atoms with Crippen LogP contribution in [0.1, 0.15) is 36.0 Å². The lowest BCUT2D eigenvalue weighted by molar-refractivity contribution is -0.123. The van der Waals surface area contributed by atoms with Crippen molar-refractivity contribution in [2.45, 2.75) is 38.3 Å². The zero-order chi connectivity index (χ0) is 18.2. The smallest absolute Gasteiger partial charge is 0.387 e. The van der Waals surface area contributed by atoms with E-state index in [0.29, 0.717) is 0 Å². The summed E-state index contributed by atoms with van der Waals surface area (Å²) in [5.41, 5.74) is -0.244. The Morgan fingerprint density at radius 1 is 1.16 bits per heavy atom. The van der Waals surface area contributed by atoms with Crippen LogP contribution in [0.5, 0.6) is 5.75 Å². The minimum absolute atomic E-state index is 0.0359. The molecule has 1 aliphatic rings. The van der Waals surface area contributed by atoms with Gasteiger partial charge in [-0.15, -0.1) is 0 Å². The minimum Gasteiger partial charge on any atom is -0.452 e. The van der Waals surface area contributed by atoms with E-state index in [1.165, 1.54) is 24.3 Å². The fraction of sp³-hybridized carbons (Fsp3) is 0.438. The molecule has 136 valence electrons. The number of alkyl halides is 2. The Balaban J connectivity index is 1.81. The molecule has 1 saturated carbocycles. The van der Waals surface area contributed by atoms with Crippen LogP contribution in [0.2, 0.25) is 0 Å². The highest BCUT2D eigenvalue weighted by molar-refractivity contribution is 5.97. The van der Waals surface area contributed by atoms with Crippen molar-refractivity contribution in [2.24, 2.45) is 0 Å². The van der Waals surface area contributed by atoms with E-state index in [1.807, 2.05) is 5.32 Å². The maximum Gasteiger partial charge on any atom is 0.387 e. The number of imide groups is 1. The lowest BCUT2D eigenvalue weighted by atomic mass is 10.2. The van der Waals surface area contributed by atoms with Crippen molar-refractivity contribution >= 4 is 17.9 Å². The van der Waals surface area contributed by atoms with Gasteiger partial charge in [-0.1, -0.05) is 25.0 Å². The van der Waals surface area contributed by atoms with Gasteiger partial charge >= 0.3 is 18.6 Å². The molecule has 1 aliphatic carbocycles. The number of hydrogen-bond acceptors (Lipinski definition) is 5. The van der Waals surface area contributed by atoms with Gasteiger partial charge in [-0.3, -0.25) is 10.1 Å². The molecule has 2 rings (SSSR count). The summed E-state index contributed by atoms with van der Waals surface area (Å²) >= 11 is 0. The maximum absolute atomic E-state index is 12.3. The van der Waals surface area contributed by atoms with Gasteiger partial charge in [0.1, 0.15) is 11.3 Å². The first kappa shape index (κ1) is 18.6. The summed E-state index contributed by atoms with van der Waals surface area (Å²) in [7, 11) is 0. The largest absolute Gasteiger partial charge is 0.452 e. The molecule has 0 heterocycles. The summed E-state index contributed by atoms with van der Waals surface area (Å²) in [5.74, 6) is -2.19. The first-order valence-electron chi connectivity index (χ1n) is 7.77. The number of halogens is 2. The molecule has 9 heteroatoms. The van der Waals surface area contributed by atoms with Gasteiger partial charge in [0.25, 0.3) is 5.91 Å². The fourth-order valence-electron chi connectivity index (χ4n) is 2.50. The average Bonchev–Trinajstić information content (AvgIpc) is 3.05. The van der Waals surface area contributed by atoms with E-state index in [2.05, 4.69) is 10.1 Å². The van der Waals surface area contributed by atoms with Crippen LogP contribution >= 0.6 is 0 Å². The van der Waals surface area contributed by atoms with Crippen molar-refractivity contribution in [1.82, 2.24) is 10.6 Å². The van der Waals surface area contributed by atoms with Crippen LogP contribution in [0, 0.1) is 0 Å². The van der Waals surface area contributed by atoms with Crippen LogP contribution in [0.3, 0.4) is 0 Å². The van der Waals surface area contributed by atoms with Gasteiger partial charge in [0.05, 0.1) is 0 Å². The summed E-state index contributed by atoms with van der Waals surface area (Å²) in [6, 6.07) is 4.63. The van der Waals surface area contributed by atoms with Crippen LogP contribution in [0.15, 0.2) is 24.3 Å². The molecule has 1 aromatic carbocycles. The molecule has 0 aliphatic heterocycles. The number of benzene rings is 1. The number of nitrogens with one attached hydrogen (secondary N) is 2. The van der Waals surface area contributed by atoms with Gasteiger partial charge in [-0.25, -0.2) is 9.59 Å². The number of carbonyl (C=O) groups excluding carboxylic acids is 3. The zero-order valence-corrected chi connectivity index (χ0v) is 13.3. The molecular formula is C16H18F2N2O5. The minimum atomic E-state index is -3.10. The monoisotopic (exact) mass is 356 g/mol. The molecule has 0 aromatic heterocycles. The number of hydrogen-bond donors (Lipinski definition) is 2. The summed E-state index contributed by atoms with van der Waals surface area (Å²) in [4.78, 5) is 35.1. The lowest BCUT2D eigenvalue weighted by Crippen LogP contribution is -2.45. The Labute approximate surface area is 142 Å². The number of amides is 3. The zero-order valence-electron chi connectivity index (χ0n) is 13.3. The second-order valence-corrected chi connectivity index (χ2v) is 5.45. The number of rotatable bonds is 6. The first-order chi connectivity index (χ1) is 12.0. The standard InChI is InChI=1S/C16H18F2N2O5/c17-15(18)25-12-8-4-3-7-11(12)14(22)24-9-13(21)20-16(23)19-10-5-1-2-6-10/h3-4,7-8,10,15H,1-2,5-6,9H2,(H2,19,20,21,23). The van der Waals surface area contributed by atoms with Gasteiger partial charge in [0.15, 0.2) is 6.61 Å². The molecule has 7 nitrogen and oxygen atoms in total. The van der Waals surface area contributed by atoms with E-state index in [0.717, 1.165) is 25.7 Å². The SMILES string of the molecule is O=C(COC(=O)c1ccccc1OC(F)F)NC(=O)NC1CCCC1. The molecule has 0 unspecified atom stereocenters. The van der Waals surface area contributed by atoms with E-state index >= 15 is 0 Å². The van der Waals surface area contributed by atoms with Crippen molar-refractivity contribution in [2.75, 3.05) is 6.61 Å². The van der Waals surface area contributed by atoms with E-state index in [-0.39, 0.29) is 17.4 Å².